The molecule has 164 valence electrons. The molecule has 5 rings (SSSR count). The molecule has 0 aliphatic heterocycles. The monoisotopic (exact) mass is 456 g/mol. The first-order chi connectivity index (χ1) is 15.4. The molecule has 1 aliphatic rings. The Balaban J connectivity index is 1.35. The Kier molecular flexibility index (Phi) is 5.21. The number of nitrogens with zero attached hydrogens (tertiary/aromatic N) is 3. The van der Waals surface area contributed by atoms with Crippen molar-refractivity contribution in [1.29, 1.82) is 0 Å². The van der Waals surface area contributed by atoms with Gasteiger partial charge in [-0.05, 0) is 46.9 Å². The van der Waals surface area contributed by atoms with Crippen molar-refractivity contribution in [3.05, 3.63) is 76.4 Å². The number of aromatic nitrogens is 3. The van der Waals surface area contributed by atoms with Crippen LogP contribution in [-0.2, 0) is 6.42 Å². The summed E-state index contributed by atoms with van der Waals surface area (Å²) in [7, 11) is 0. The summed E-state index contributed by atoms with van der Waals surface area (Å²) in [6.07, 6.45) is 2.60. The average molecular weight is 456 g/mol. The molecular formula is C23H19F3N4OS. The van der Waals surface area contributed by atoms with Crippen molar-refractivity contribution in [3.8, 4) is 11.1 Å². The number of carbonyl (C=O) groups excluding carboxylic acids is 1. The Morgan fingerprint density at radius 2 is 1.97 bits per heavy atom. The lowest BCUT2D eigenvalue weighted by Crippen LogP contribution is -2.46. The minimum atomic E-state index is -4.44. The molecule has 0 radical (unpaired) electrons. The van der Waals surface area contributed by atoms with Gasteiger partial charge in [-0.1, -0.05) is 30.3 Å². The third-order valence-electron chi connectivity index (χ3n) is 5.53. The molecule has 4 aromatic rings. The van der Waals surface area contributed by atoms with Gasteiger partial charge in [0.25, 0.3) is 5.91 Å². The van der Waals surface area contributed by atoms with E-state index in [1.807, 2.05) is 36.5 Å². The number of thiophene rings is 1. The van der Waals surface area contributed by atoms with Gasteiger partial charge in [0.1, 0.15) is 6.04 Å². The number of alkyl halides is 3. The van der Waals surface area contributed by atoms with Gasteiger partial charge in [0.2, 0.25) is 0 Å². The van der Waals surface area contributed by atoms with Crippen molar-refractivity contribution < 1.29 is 18.0 Å². The number of halogens is 3. The van der Waals surface area contributed by atoms with Crippen molar-refractivity contribution in [1.82, 2.24) is 19.9 Å². The Bertz CT molecular complexity index is 1260. The summed E-state index contributed by atoms with van der Waals surface area (Å²) in [6, 6.07) is 9.83. The smallest absolute Gasteiger partial charge is 0.339 e. The maximum absolute atomic E-state index is 13.2. The van der Waals surface area contributed by atoms with Crippen LogP contribution in [0.25, 0.3) is 16.8 Å². The van der Waals surface area contributed by atoms with E-state index < -0.39 is 24.0 Å². The molecule has 0 unspecified atom stereocenters. The fourth-order valence-corrected chi connectivity index (χ4v) is 4.56. The van der Waals surface area contributed by atoms with Crippen LogP contribution in [-0.4, -0.2) is 32.7 Å². The zero-order valence-electron chi connectivity index (χ0n) is 16.8. The second kappa shape index (κ2) is 8.05. The highest BCUT2D eigenvalue weighted by molar-refractivity contribution is 7.12. The van der Waals surface area contributed by atoms with Crippen LogP contribution in [0, 0.1) is 5.92 Å². The zero-order valence-corrected chi connectivity index (χ0v) is 17.7. The van der Waals surface area contributed by atoms with E-state index in [9.17, 15) is 18.0 Å². The van der Waals surface area contributed by atoms with E-state index >= 15 is 0 Å². The van der Waals surface area contributed by atoms with Crippen LogP contribution >= 0.6 is 11.3 Å². The van der Waals surface area contributed by atoms with Crippen molar-refractivity contribution in [2.45, 2.75) is 31.5 Å². The largest absolute Gasteiger partial charge is 0.408 e. The summed E-state index contributed by atoms with van der Waals surface area (Å²) < 4.78 is 41.4. The molecule has 9 heteroatoms. The van der Waals surface area contributed by atoms with Gasteiger partial charge < -0.3 is 5.32 Å². The Morgan fingerprint density at radius 3 is 2.69 bits per heavy atom. The molecule has 32 heavy (non-hydrogen) atoms. The standard InChI is InChI=1S/C23H19F3N4OS/c24-23(25,26)20(16-6-7-16)29-22(31)19-9-17(13-32-19)18-11-28-30-12-15(10-27-21(18)30)8-14-4-2-1-3-5-14/h1-5,9-13,16,20H,6-8H2,(H,29,31)/t20-/m0/s1. The maximum atomic E-state index is 13.2. The molecule has 1 atom stereocenters. The molecule has 3 heterocycles. The third-order valence-corrected chi connectivity index (χ3v) is 6.46. The molecule has 1 saturated carbocycles. The van der Waals surface area contributed by atoms with Crippen LogP contribution in [0.3, 0.4) is 0 Å². The molecule has 5 nitrogen and oxygen atoms in total. The first kappa shape index (κ1) is 20.7. The molecule has 0 saturated heterocycles. The van der Waals surface area contributed by atoms with Crippen LogP contribution in [0.2, 0.25) is 0 Å². The maximum Gasteiger partial charge on any atom is 0.408 e. The summed E-state index contributed by atoms with van der Waals surface area (Å²) in [5, 5.41) is 8.29. The predicted molar refractivity (Wildman–Crippen MR) is 116 cm³/mol. The lowest BCUT2D eigenvalue weighted by Gasteiger charge is -2.20. The molecule has 1 fully saturated rings. The summed E-state index contributed by atoms with van der Waals surface area (Å²) in [6.45, 7) is 0. The average Bonchev–Trinajstić information content (AvgIpc) is 3.31. The molecule has 1 aliphatic carbocycles. The first-order valence-corrected chi connectivity index (χ1v) is 11.1. The fourth-order valence-electron chi connectivity index (χ4n) is 3.75. The number of hydrogen-bond donors (Lipinski definition) is 1. The third kappa shape index (κ3) is 4.25. The highest BCUT2D eigenvalue weighted by Gasteiger charge is 2.49. The van der Waals surface area contributed by atoms with Crippen LogP contribution in [0.15, 0.2) is 60.4 Å². The first-order valence-electron chi connectivity index (χ1n) is 10.2. The molecule has 3 aromatic heterocycles. The fraction of sp³-hybridized carbons (Fsp3) is 0.261. The quantitative estimate of drug-likeness (QED) is 0.438. The second-order valence-electron chi connectivity index (χ2n) is 7.98. The van der Waals surface area contributed by atoms with E-state index in [-0.39, 0.29) is 4.88 Å². The molecule has 0 bridgehead atoms. The van der Waals surface area contributed by atoms with Crippen molar-refractivity contribution in [2.24, 2.45) is 5.92 Å². The Morgan fingerprint density at radius 1 is 1.19 bits per heavy atom. The van der Waals surface area contributed by atoms with Gasteiger partial charge in [-0.3, -0.25) is 4.79 Å². The number of hydrogen-bond acceptors (Lipinski definition) is 4. The van der Waals surface area contributed by atoms with Gasteiger partial charge >= 0.3 is 6.18 Å². The number of rotatable bonds is 6. The van der Waals surface area contributed by atoms with Crippen molar-refractivity contribution in [2.75, 3.05) is 0 Å². The highest BCUT2D eigenvalue weighted by Crippen LogP contribution is 2.40. The molecule has 0 spiro atoms. The number of amides is 1. The summed E-state index contributed by atoms with van der Waals surface area (Å²) >= 11 is 1.11. The van der Waals surface area contributed by atoms with E-state index in [1.54, 1.807) is 28.4 Å². The predicted octanol–water partition coefficient (Wildman–Crippen LogP) is 5.12. The van der Waals surface area contributed by atoms with E-state index in [1.165, 1.54) is 0 Å². The van der Waals surface area contributed by atoms with Crippen LogP contribution in [0.5, 0.6) is 0 Å². The van der Waals surface area contributed by atoms with E-state index in [0.717, 1.165) is 34.4 Å². The summed E-state index contributed by atoms with van der Waals surface area (Å²) in [5.74, 6) is -1.22. The van der Waals surface area contributed by atoms with E-state index in [4.69, 9.17) is 0 Å². The van der Waals surface area contributed by atoms with Crippen LogP contribution in [0.4, 0.5) is 13.2 Å². The summed E-state index contributed by atoms with van der Waals surface area (Å²) in [4.78, 5) is 17.2. The number of fused-ring (bicyclic) bond motifs is 1. The lowest BCUT2D eigenvalue weighted by atomic mass is 10.1. The van der Waals surface area contributed by atoms with Gasteiger partial charge in [0.05, 0.1) is 11.1 Å². The van der Waals surface area contributed by atoms with Gasteiger partial charge in [0.15, 0.2) is 5.65 Å². The zero-order chi connectivity index (χ0) is 22.3. The summed E-state index contributed by atoms with van der Waals surface area (Å²) in [5.41, 5.74) is 4.21. The van der Waals surface area contributed by atoms with Gasteiger partial charge in [-0.25, -0.2) is 9.50 Å². The van der Waals surface area contributed by atoms with Gasteiger partial charge in [0, 0.05) is 24.4 Å². The van der Waals surface area contributed by atoms with Gasteiger partial charge in [-0.15, -0.1) is 11.3 Å². The second-order valence-corrected chi connectivity index (χ2v) is 8.89. The van der Waals surface area contributed by atoms with Crippen molar-refractivity contribution in [3.63, 3.8) is 0 Å². The topological polar surface area (TPSA) is 59.3 Å². The van der Waals surface area contributed by atoms with Crippen LogP contribution in [0.1, 0.15) is 33.6 Å². The number of benzene rings is 1. The minimum absolute atomic E-state index is 0.231. The number of carbonyl (C=O) groups is 1. The number of nitrogens with one attached hydrogen (secondary N) is 1. The van der Waals surface area contributed by atoms with E-state index in [0.29, 0.717) is 24.1 Å². The molecule has 1 aromatic carbocycles. The van der Waals surface area contributed by atoms with Crippen molar-refractivity contribution >= 4 is 22.9 Å². The van der Waals surface area contributed by atoms with E-state index in [2.05, 4.69) is 15.4 Å². The normalized spacial score (nSPS) is 15.1. The minimum Gasteiger partial charge on any atom is -0.339 e. The molecular weight excluding hydrogens is 437 g/mol. The van der Waals surface area contributed by atoms with Crippen LogP contribution < -0.4 is 5.32 Å². The SMILES string of the molecule is O=C(N[C@@H](C1CC1)C(F)(F)F)c1cc(-c2cnn3cc(Cc4ccccc4)cnc23)cs1. The Hall–Kier alpha value is -3.20. The highest BCUT2D eigenvalue weighted by atomic mass is 32.1. The molecule has 1 amide bonds. The lowest BCUT2D eigenvalue weighted by molar-refractivity contribution is -0.158. The molecule has 1 N–H and O–H groups in total. The Labute approximate surface area is 185 Å². The van der Waals surface area contributed by atoms with Gasteiger partial charge in [-0.2, -0.15) is 18.3 Å².